The van der Waals surface area contributed by atoms with Crippen LogP contribution in [0, 0.1) is 11.8 Å². The van der Waals surface area contributed by atoms with Crippen molar-refractivity contribution in [3.63, 3.8) is 0 Å². The van der Waals surface area contributed by atoms with Crippen LogP contribution in [-0.2, 0) is 6.54 Å². The molecule has 1 aromatic carbocycles. The molecule has 0 bridgehead atoms. The van der Waals surface area contributed by atoms with Crippen molar-refractivity contribution in [1.82, 2.24) is 4.90 Å². The Morgan fingerprint density at radius 3 is 2.80 bits per heavy atom. The Balaban J connectivity index is 2.24. The van der Waals surface area contributed by atoms with Gasteiger partial charge in [0.05, 0.1) is 13.7 Å². The number of likely N-dealkylation sites (tertiary alicyclic amines) is 1. The minimum atomic E-state index is 0.268. The molecular formula is C17H24N2O. The van der Waals surface area contributed by atoms with E-state index in [9.17, 15) is 0 Å². The highest BCUT2D eigenvalue weighted by Gasteiger charge is 2.32. The first-order chi connectivity index (χ1) is 9.56. The van der Waals surface area contributed by atoms with Gasteiger partial charge in [-0.25, -0.2) is 0 Å². The van der Waals surface area contributed by atoms with Crippen molar-refractivity contribution < 1.29 is 4.74 Å². The largest absolute Gasteiger partial charge is 0.496 e. The van der Waals surface area contributed by atoms with Crippen LogP contribution in [-0.4, -0.2) is 30.6 Å². The molecule has 0 aromatic heterocycles. The third-order valence-electron chi connectivity index (χ3n) is 4.05. The van der Waals surface area contributed by atoms with Gasteiger partial charge in [-0.15, -0.1) is 0 Å². The van der Waals surface area contributed by atoms with Crippen molar-refractivity contribution in [1.29, 1.82) is 0 Å². The van der Waals surface area contributed by atoms with Crippen LogP contribution >= 0.6 is 0 Å². The summed E-state index contributed by atoms with van der Waals surface area (Å²) < 4.78 is 5.48. The highest BCUT2D eigenvalue weighted by atomic mass is 16.5. The van der Waals surface area contributed by atoms with Gasteiger partial charge in [0.2, 0.25) is 0 Å². The molecule has 1 fully saturated rings. The molecular weight excluding hydrogens is 248 g/mol. The van der Waals surface area contributed by atoms with Gasteiger partial charge in [0.1, 0.15) is 5.75 Å². The lowest BCUT2D eigenvalue weighted by Crippen LogP contribution is -2.37. The summed E-state index contributed by atoms with van der Waals surface area (Å²) in [4.78, 5) is 2.52. The molecule has 3 nitrogen and oxygen atoms in total. The summed E-state index contributed by atoms with van der Waals surface area (Å²) in [5, 5.41) is 0. The van der Waals surface area contributed by atoms with Gasteiger partial charge in [-0.05, 0) is 51.4 Å². The zero-order valence-electron chi connectivity index (χ0n) is 12.7. The van der Waals surface area contributed by atoms with Crippen LogP contribution < -0.4 is 10.5 Å². The van der Waals surface area contributed by atoms with Gasteiger partial charge >= 0.3 is 0 Å². The Hall–Kier alpha value is -1.50. The molecule has 0 unspecified atom stereocenters. The quantitative estimate of drug-likeness (QED) is 0.859. The number of nitrogens with two attached hydrogens (primary N) is 1. The highest BCUT2D eigenvalue weighted by Crippen LogP contribution is 2.32. The summed E-state index contributed by atoms with van der Waals surface area (Å²) in [5.74, 6) is 6.93. The SMILES string of the molecule is COc1ccc(C#CCN)cc1CN1CCCC1(C)C. The zero-order valence-corrected chi connectivity index (χ0v) is 12.7. The summed E-state index contributed by atoms with van der Waals surface area (Å²) in [7, 11) is 1.72. The summed E-state index contributed by atoms with van der Waals surface area (Å²) in [6.07, 6.45) is 2.52. The second-order valence-corrected chi connectivity index (χ2v) is 5.87. The van der Waals surface area contributed by atoms with Crippen LogP contribution in [0.15, 0.2) is 18.2 Å². The maximum Gasteiger partial charge on any atom is 0.123 e. The Morgan fingerprint density at radius 1 is 1.40 bits per heavy atom. The molecule has 0 amide bonds. The Labute approximate surface area is 122 Å². The topological polar surface area (TPSA) is 38.5 Å². The third-order valence-corrected chi connectivity index (χ3v) is 4.05. The molecule has 1 saturated heterocycles. The fourth-order valence-electron chi connectivity index (χ4n) is 2.79. The van der Waals surface area contributed by atoms with E-state index < -0.39 is 0 Å². The third kappa shape index (κ3) is 3.33. The normalized spacial score (nSPS) is 17.6. The first kappa shape index (κ1) is 14.9. The maximum atomic E-state index is 5.48. The fourth-order valence-corrected chi connectivity index (χ4v) is 2.79. The molecule has 0 spiro atoms. The first-order valence-corrected chi connectivity index (χ1v) is 7.18. The van der Waals surface area contributed by atoms with Gasteiger partial charge in [-0.3, -0.25) is 4.90 Å². The minimum Gasteiger partial charge on any atom is -0.496 e. The van der Waals surface area contributed by atoms with Crippen LogP contribution in [0.5, 0.6) is 5.75 Å². The second kappa shape index (κ2) is 6.30. The van der Waals surface area contributed by atoms with Gasteiger partial charge in [0.25, 0.3) is 0 Å². The summed E-state index contributed by atoms with van der Waals surface area (Å²) in [6, 6.07) is 6.11. The van der Waals surface area contributed by atoms with E-state index in [1.165, 1.54) is 18.4 Å². The summed E-state index contributed by atoms with van der Waals surface area (Å²) >= 11 is 0. The lowest BCUT2D eigenvalue weighted by atomic mass is 10.0. The first-order valence-electron chi connectivity index (χ1n) is 7.18. The van der Waals surface area contributed by atoms with Gasteiger partial charge in [-0.2, -0.15) is 0 Å². The van der Waals surface area contributed by atoms with Crippen LogP contribution in [0.25, 0.3) is 0 Å². The number of methoxy groups -OCH3 is 1. The molecule has 0 atom stereocenters. The average molecular weight is 272 g/mol. The average Bonchev–Trinajstić information content (AvgIpc) is 2.76. The highest BCUT2D eigenvalue weighted by molar-refractivity contribution is 5.44. The zero-order chi connectivity index (χ0) is 14.6. The molecule has 1 heterocycles. The Kier molecular flexibility index (Phi) is 4.69. The van der Waals surface area contributed by atoms with E-state index in [1.54, 1.807) is 7.11 Å². The smallest absolute Gasteiger partial charge is 0.123 e. The standard InChI is InChI=1S/C17H24N2O/c1-17(2)9-5-11-19(17)13-15-12-14(6-4-10-18)7-8-16(15)20-3/h7-8,12H,5,9-11,13,18H2,1-3H3. The van der Waals surface area contributed by atoms with Crippen molar-refractivity contribution in [2.45, 2.75) is 38.8 Å². The second-order valence-electron chi connectivity index (χ2n) is 5.87. The van der Waals surface area contributed by atoms with E-state index in [4.69, 9.17) is 10.5 Å². The van der Waals surface area contributed by atoms with E-state index in [0.717, 1.165) is 24.4 Å². The predicted molar refractivity (Wildman–Crippen MR) is 82.6 cm³/mol. The molecule has 1 aliphatic heterocycles. The van der Waals surface area contributed by atoms with Crippen molar-refractivity contribution in [3.8, 4) is 17.6 Å². The molecule has 1 aliphatic rings. The molecule has 0 saturated carbocycles. The molecule has 2 rings (SSSR count). The molecule has 0 radical (unpaired) electrons. The van der Waals surface area contributed by atoms with Crippen molar-refractivity contribution >= 4 is 0 Å². The molecule has 20 heavy (non-hydrogen) atoms. The predicted octanol–water partition coefficient (Wildman–Crippen LogP) is 2.38. The molecule has 0 aliphatic carbocycles. The van der Waals surface area contributed by atoms with E-state index in [1.807, 2.05) is 12.1 Å². The lowest BCUT2D eigenvalue weighted by Gasteiger charge is -2.32. The van der Waals surface area contributed by atoms with Crippen LogP contribution in [0.3, 0.4) is 0 Å². The monoisotopic (exact) mass is 272 g/mol. The van der Waals surface area contributed by atoms with E-state index in [0.29, 0.717) is 6.54 Å². The minimum absolute atomic E-state index is 0.268. The van der Waals surface area contributed by atoms with E-state index >= 15 is 0 Å². The Morgan fingerprint density at radius 2 is 2.20 bits per heavy atom. The van der Waals surface area contributed by atoms with Crippen molar-refractivity contribution in [3.05, 3.63) is 29.3 Å². The van der Waals surface area contributed by atoms with Gasteiger partial charge in [0.15, 0.2) is 0 Å². The summed E-state index contributed by atoms with van der Waals surface area (Å²) in [6.45, 7) is 7.07. The number of hydrogen-bond acceptors (Lipinski definition) is 3. The van der Waals surface area contributed by atoms with E-state index in [-0.39, 0.29) is 5.54 Å². The van der Waals surface area contributed by atoms with E-state index in [2.05, 4.69) is 36.7 Å². The molecule has 108 valence electrons. The molecule has 1 aromatic rings. The van der Waals surface area contributed by atoms with Crippen molar-refractivity contribution in [2.75, 3.05) is 20.2 Å². The van der Waals surface area contributed by atoms with Crippen molar-refractivity contribution in [2.24, 2.45) is 5.73 Å². The number of benzene rings is 1. The number of ether oxygens (including phenoxy) is 1. The van der Waals surface area contributed by atoms with Gasteiger partial charge in [0, 0.05) is 23.2 Å². The molecule has 3 heteroatoms. The van der Waals surface area contributed by atoms with Crippen LogP contribution in [0.4, 0.5) is 0 Å². The van der Waals surface area contributed by atoms with Gasteiger partial charge in [-0.1, -0.05) is 11.8 Å². The number of nitrogens with zero attached hydrogens (tertiary/aromatic N) is 1. The number of rotatable bonds is 3. The Bertz CT molecular complexity index is 526. The van der Waals surface area contributed by atoms with Crippen LogP contribution in [0.2, 0.25) is 0 Å². The molecule has 2 N–H and O–H groups in total. The maximum absolute atomic E-state index is 5.48. The van der Waals surface area contributed by atoms with Gasteiger partial charge < -0.3 is 10.5 Å². The summed E-state index contributed by atoms with van der Waals surface area (Å²) in [5.41, 5.74) is 7.90. The fraction of sp³-hybridized carbons (Fsp3) is 0.529. The van der Waals surface area contributed by atoms with Crippen LogP contribution in [0.1, 0.15) is 37.8 Å². The lowest BCUT2D eigenvalue weighted by molar-refractivity contribution is 0.165. The number of hydrogen-bond donors (Lipinski definition) is 1.